The summed E-state index contributed by atoms with van der Waals surface area (Å²) in [6, 6.07) is 5.03. The maximum absolute atomic E-state index is 13.3. The van der Waals surface area contributed by atoms with Crippen molar-refractivity contribution in [1.29, 1.82) is 0 Å². The van der Waals surface area contributed by atoms with Crippen LogP contribution in [0.4, 0.5) is 4.39 Å². The van der Waals surface area contributed by atoms with Gasteiger partial charge in [0.2, 0.25) is 0 Å². The number of carboxylic acid groups (broad SMARTS) is 1. The van der Waals surface area contributed by atoms with E-state index >= 15 is 0 Å². The Hall–Kier alpha value is -1.38. The highest BCUT2D eigenvalue weighted by Gasteiger charge is 2.46. The maximum atomic E-state index is 13.3. The van der Waals surface area contributed by atoms with Crippen LogP contribution in [0.5, 0.6) is 0 Å². The van der Waals surface area contributed by atoms with Crippen LogP contribution in [0.15, 0.2) is 18.2 Å². The Morgan fingerprint density at radius 3 is 2.67 bits per heavy atom. The van der Waals surface area contributed by atoms with Crippen molar-refractivity contribution in [2.24, 2.45) is 0 Å². The molecule has 0 aliphatic heterocycles. The summed E-state index contributed by atoms with van der Waals surface area (Å²) in [5, 5.41) is 8.78. The normalized spacial score (nSPS) is 17.5. The first kappa shape index (κ1) is 10.1. The smallest absolute Gasteiger partial charge is 0.304 e. The molecule has 0 bridgehead atoms. The molecule has 1 aromatic rings. The molecule has 1 aliphatic rings. The van der Waals surface area contributed by atoms with Gasteiger partial charge in [-0.3, -0.25) is 4.79 Å². The number of carbonyl (C=O) groups is 1. The number of hydrogen-bond acceptors (Lipinski definition) is 1. The Balaban J connectivity index is 2.29. The third-order valence-corrected chi connectivity index (χ3v) is 3.13. The fourth-order valence-electron chi connectivity index (χ4n) is 1.93. The van der Waals surface area contributed by atoms with Crippen LogP contribution >= 0.6 is 0 Å². The molecular weight excluding hydrogens is 195 g/mol. The van der Waals surface area contributed by atoms with E-state index in [1.54, 1.807) is 13.0 Å². The molecule has 1 N–H and O–H groups in total. The van der Waals surface area contributed by atoms with E-state index in [0.717, 1.165) is 18.4 Å². The van der Waals surface area contributed by atoms with Crippen molar-refractivity contribution in [3.05, 3.63) is 35.1 Å². The third-order valence-electron chi connectivity index (χ3n) is 3.13. The first-order chi connectivity index (χ1) is 7.03. The Labute approximate surface area is 87.7 Å². The van der Waals surface area contributed by atoms with Crippen molar-refractivity contribution in [1.82, 2.24) is 0 Å². The first-order valence-corrected chi connectivity index (χ1v) is 5.02. The summed E-state index contributed by atoms with van der Waals surface area (Å²) in [4.78, 5) is 10.7. The largest absolute Gasteiger partial charge is 0.481 e. The molecule has 0 unspecified atom stereocenters. The molecule has 0 heterocycles. The third kappa shape index (κ3) is 1.87. The second-order valence-electron chi connectivity index (χ2n) is 4.31. The summed E-state index contributed by atoms with van der Waals surface area (Å²) in [5.41, 5.74) is 1.14. The van der Waals surface area contributed by atoms with Gasteiger partial charge in [0.05, 0.1) is 6.42 Å². The lowest BCUT2D eigenvalue weighted by atomic mass is 9.92. The van der Waals surface area contributed by atoms with Gasteiger partial charge in [0.1, 0.15) is 5.82 Å². The topological polar surface area (TPSA) is 37.3 Å². The molecule has 0 saturated heterocycles. The number of hydrogen-bond donors (Lipinski definition) is 1. The zero-order valence-electron chi connectivity index (χ0n) is 8.59. The number of carboxylic acids is 1. The Bertz CT molecular complexity index is 408. The van der Waals surface area contributed by atoms with Crippen molar-refractivity contribution in [3.63, 3.8) is 0 Å². The lowest BCUT2D eigenvalue weighted by Crippen LogP contribution is -2.13. The number of rotatable bonds is 3. The van der Waals surface area contributed by atoms with Crippen molar-refractivity contribution in [2.75, 3.05) is 0 Å². The van der Waals surface area contributed by atoms with Gasteiger partial charge in [-0.05, 0) is 37.0 Å². The summed E-state index contributed by atoms with van der Waals surface area (Å²) in [5.74, 6) is -1.06. The van der Waals surface area contributed by atoms with E-state index in [2.05, 4.69) is 0 Å². The summed E-state index contributed by atoms with van der Waals surface area (Å²) in [7, 11) is 0. The Kier molecular flexibility index (Phi) is 2.25. The second kappa shape index (κ2) is 3.33. The van der Waals surface area contributed by atoms with E-state index in [-0.39, 0.29) is 17.7 Å². The minimum Gasteiger partial charge on any atom is -0.481 e. The minimum atomic E-state index is -0.812. The molecule has 0 spiro atoms. The molecule has 1 aromatic carbocycles. The lowest BCUT2D eigenvalue weighted by molar-refractivity contribution is -0.137. The predicted molar refractivity (Wildman–Crippen MR) is 54.3 cm³/mol. The standard InChI is InChI=1S/C12H13FO2/c1-8-2-3-9(6-10(8)13)12(4-5-12)7-11(14)15/h2-3,6H,4-5,7H2,1H3,(H,14,15). The quantitative estimate of drug-likeness (QED) is 0.829. The summed E-state index contributed by atoms with van der Waals surface area (Å²) in [6.07, 6.45) is 1.80. The van der Waals surface area contributed by atoms with Crippen LogP contribution in [-0.2, 0) is 10.2 Å². The van der Waals surface area contributed by atoms with Gasteiger partial charge in [-0.1, -0.05) is 12.1 Å². The van der Waals surface area contributed by atoms with Crippen LogP contribution in [0.2, 0.25) is 0 Å². The lowest BCUT2D eigenvalue weighted by Gasteiger charge is -2.13. The van der Waals surface area contributed by atoms with E-state index in [9.17, 15) is 9.18 Å². The van der Waals surface area contributed by atoms with Gasteiger partial charge < -0.3 is 5.11 Å². The fraction of sp³-hybridized carbons (Fsp3) is 0.417. The van der Waals surface area contributed by atoms with Gasteiger partial charge in [0.25, 0.3) is 0 Å². The zero-order chi connectivity index (χ0) is 11.1. The average molecular weight is 208 g/mol. The Morgan fingerprint density at radius 1 is 1.53 bits per heavy atom. The van der Waals surface area contributed by atoms with Crippen molar-refractivity contribution >= 4 is 5.97 Å². The average Bonchev–Trinajstić information content (AvgIpc) is 2.89. The van der Waals surface area contributed by atoms with E-state index in [0.29, 0.717) is 5.56 Å². The number of benzene rings is 1. The molecule has 1 fully saturated rings. The second-order valence-corrected chi connectivity index (χ2v) is 4.31. The maximum Gasteiger partial charge on any atom is 0.304 e. The van der Waals surface area contributed by atoms with Gasteiger partial charge in [-0.15, -0.1) is 0 Å². The molecule has 3 heteroatoms. The van der Waals surface area contributed by atoms with Gasteiger partial charge >= 0.3 is 5.97 Å². The van der Waals surface area contributed by atoms with Crippen molar-refractivity contribution in [3.8, 4) is 0 Å². The van der Waals surface area contributed by atoms with Gasteiger partial charge in [0.15, 0.2) is 0 Å². The van der Waals surface area contributed by atoms with E-state index < -0.39 is 5.97 Å². The van der Waals surface area contributed by atoms with Gasteiger partial charge in [0, 0.05) is 5.41 Å². The van der Waals surface area contributed by atoms with Crippen LogP contribution in [0.3, 0.4) is 0 Å². The highest BCUT2D eigenvalue weighted by atomic mass is 19.1. The summed E-state index contributed by atoms with van der Waals surface area (Å²) < 4.78 is 13.3. The molecule has 80 valence electrons. The zero-order valence-corrected chi connectivity index (χ0v) is 8.59. The minimum absolute atomic E-state index is 0.107. The highest BCUT2D eigenvalue weighted by Crippen LogP contribution is 2.51. The molecule has 1 aliphatic carbocycles. The number of aryl methyl sites for hydroxylation is 1. The number of halogens is 1. The molecule has 1 saturated carbocycles. The van der Waals surface area contributed by atoms with Gasteiger partial charge in [-0.2, -0.15) is 0 Å². The van der Waals surface area contributed by atoms with Crippen molar-refractivity contribution in [2.45, 2.75) is 31.6 Å². The molecular formula is C12H13FO2. The molecule has 0 aromatic heterocycles. The molecule has 0 atom stereocenters. The van der Waals surface area contributed by atoms with Crippen LogP contribution in [0.1, 0.15) is 30.4 Å². The highest BCUT2D eigenvalue weighted by molar-refractivity contribution is 5.70. The first-order valence-electron chi connectivity index (χ1n) is 5.02. The number of aliphatic carboxylic acids is 1. The molecule has 0 amide bonds. The van der Waals surface area contributed by atoms with E-state index in [4.69, 9.17) is 5.11 Å². The van der Waals surface area contributed by atoms with E-state index in [1.807, 2.05) is 6.07 Å². The van der Waals surface area contributed by atoms with E-state index in [1.165, 1.54) is 6.07 Å². The van der Waals surface area contributed by atoms with Crippen LogP contribution in [0.25, 0.3) is 0 Å². The van der Waals surface area contributed by atoms with Crippen LogP contribution in [0, 0.1) is 12.7 Å². The SMILES string of the molecule is Cc1ccc(C2(CC(=O)O)CC2)cc1F. The Morgan fingerprint density at radius 2 is 2.20 bits per heavy atom. The summed E-state index contributed by atoms with van der Waals surface area (Å²) in [6.45, 7) is 1.70. The monoisotopic (exact) mass is 208 g/mol. The van der Waals surface area contributed by atoms with Crippen LogP contribution in [-0.4, -0.2) is 11.1 Å². The molecule has 2 nitrogen and oxygen atoms in total. The fourth-order valence-corrected chi connectivity index (χ4v) is 1.93. The van der Waals surface area contributed by atoms with Crippen molar-refractivity contribution < 1.29 is 14.3 Å². The molecule has 0 radical (unpaired) electrons. The molecule has 15 heavy (non-hydrogen) atoms. The predicted octanol–water partition coefficient (Wildman–Crippen LogP) is 2.64. The van der Waals surface area contributed by atoms with Crippen LogP contribution < -0.4 is 0 Å². The summed E-state index contributed by atoms with van der Waals surface area (Å²) >= 11 is 0. The molecule has 2 rings (SSSR count). The van der Waals surface area contributed by atoms with Gasteiger partial charge in [-0.25, -0.2) is 4.39 Å².